The molecule has 0 saturated carbocycles. The van der Waals surface area contributed by atoms with Gasteiger partial charge in [-0.3, -0.25) is 4.79 Å². The zero-order chi connectivity index (χ0) is 23.0. The van der Waals surface area contributed by atoms with E-state index in [4.69, 9.17) is 25.8 Å². The van der Waals surface area contributed by atoms with Crippen molar-refractivity contribution in [3.05, 3.63) is 71.0 Å². The number of fused-ring (bicyclic) bond motifs is 4. The lowest BCUT2D eigenvalue weighted by molar-refractivity contribution is -0.00930. The van der Waals surface area contributed by atoms with Crippen LogP contribution in [0.2, 0.25) is 5.02 Å². The van der Waals surface area contributed by atoms with Gasteiger partial charge in [0, 0.05) is 48.8 Å². The van der Waals surface area contributed by atoms with Crippen LogP contribution in [0.4, 0.5) is 0 Å². The first-order valence-electron chi connectivity index (χ1n) is 11.3. The van der Waals surface area contributed by atoms with Crippen LogP contribution in [0.25, 0.3) is 5.69 Å². The minimum Gasteiger partial charge on any atom is -0.493 e. The molecule has 0 unspecified atom stereocenters. The van der Waals surface area contributed by atoms with Gasteiger partial charge in [0.05, 0.1) is 25.1 Å². The van der Waals surface area contributed by atoms with Crippen molar-refractivity contribution in [2.45, 2.75) is 31.8 Å². The van der Waals surface area contributed by atoms with Crippen LogP contribution in [-0.4, -0.2) is 42.2 Å². The van der Waals surface area contributed by atoms with Gasteiger partial charge in [-0.05, 0) is 48.9 Å². The lowest BCUT2D eigenvalue weighted by Crippen LogP contribution is -2.50. The summed E-state index contributed by atoms with van der Waals surface area (Å²) in [6.07, 6.45) is 4.35. The van der Waals surface area contributed by atoms with E-state index >= 15 is 0 Å². The molecule has 3 aromatic rings. The summed E-state index contributed by atoms with van der Waals surface area (Å²) in [6.45, 7) is 3.84. The SMILES string of the molecule is CCCOc1ccc(C(=O)N2CCC3(CC2)Oc2cc(Cl)ccc2-n2cccc23)cc1OC. The first-order valence-corrected chi connectivity index (χ1v) is 11.7. The molecule has 0 radical (unpaired) electrons. The minimum atomic E-state index is -0.479. The molecule has 1 spiro atoms. The molecule has 0 N–H and O–H groups in total. The van der Waals surface area contributed by atoms with Gasteiger partial charge in [0.15, 0.2) is 17.1 Å². The highest BCUT2D eigenvalue weighted by molar-refractivity contribution is 6.30. The number of ether oxygens (including phenoxy) is 3. The molecule has 0 atom stereocenters. The van der Waals surface area contributed by atoms with Crippen LogP contribution in [0.1, 0.15) is 42.2 Å². The average molecular weight is 467 g/mol. The quantitative estimate of drug-likeness (QED) is 0.501. The summed E-state index contributed by atoms with van der Waals surface area (Å²) in [5.74, 6) is 1.99. The Labute approximate surface area is 198 Å². The predicted octanol–water partition coefficient (Wildman–Crippen LogP) is 5.45. The Morgan fingerprint density at radius 2 is 1.94 bits per heavy atom. The van der Waals surface area contributed by atoms with Crippen molar-refractivity contribution in [1.29, 1.82) is 0 Å². The molecule has 172 valence electrons. The zero-order valence-electron chi connectivity index (χ0n) is 18.8. The van der Waals surface area contributed by atoms with Gasteiger partial charge in [-0.1, -0.05) is 18.5 Å². The molecule has 6 nitrogen and oxygen atoms in total. The first kappa shape index (κ1) is 21.7. The molecule has 2 aliphatic rings. The molecule has 2 aliphatic heterocycles. The Kier molecular flexibility index (Phi) is 5.71. The van der Waals surface area contributed by atoms with E-state index in [1.807, 2.05) is 42.2 Å². The predicted molar refractivity (Wildman–Crippen MR) is 127 cm³/mol. The van der Waals surface area contributed by atoms with Crippen molar-refractivity contribution < 1.29 is 19.0 Å². The Balaban J connectivity index is 1.35. The normalized spacial score (nSPS) is 16.0. The molecule has 0 bridgehead atoms. The number of carbonyl (C=O) groups excluding carboxylic acids is 1. The minimum absolute atomic E-state index is 0.0140. The summed E-state index contributed by atoms with van der Waals surface area (Å²) in [7, 11) is 1.59. The number of benzene rings is 2. The van der Waals surface area contributed by atoms with E-state index in [2.05, 4.69) is 16.8 Å². The van der Waals surface area contributed by atoms with Crippen molar-refractivity contribution in [3.63, 3.8) is 0 Å². The molecule has 1 aromatic heterocycles. The number of methoxy groups -OCH3 is 1. The maximum Gasteiger partial charge on any atom is 0.253 e. The summed E-state index contributed by atoms with van der Waals surface area (Å²) in [5, 5.41) is 0.646. The highest BCUT2D eigenvalue weighted by Gasteiger charge is 2.44. The van der Waals surface area contributed by atoms with Gasteiger partial charge >= 0.3 is 0 Å². The summed E-state index contributed by atoms with van der Waals surface area (Å²) >= 11 is 6.24. The molecule has 7 heteroatoms. The van der Waals surface area contributed by atoms with E-state index in [0.29, 0.717) is 54.6 Å². The lowest BCUT2D eigenvalue weighted by atomic mass is 9.86. The Morgan fingerprint density at radius 3 is 2.70 bits per heavy atom. The molecular formula is C26H27ClN2O4. The fourth-order valence-electron chi connectivity index (χ4n) is 4.74. The number of carbonyl (C=O) groups is 1. The van der Waals surface area contributed by atoms with Crippen LogP contribution in [0.15, 0.2) is 54.7 Å². The van der Waals surface area contributed by atoms with Gasteiger partial charge in [0.2, 0.25) is 0 Å². The Bertz CT molecular complexity index is 1180. The molecule has 1 amide bonds. The third kappa shape index (κ3) is 3.82. The van der Waals surface area contributed by atoms with E-state index in [1.165, 1.54) is 0 Å². The molecular weight excluding hydrogens is 440 g/mol. The van der Waals surface area contributed by atoms with Crippen LogP contribution in [0, 0.1) is 0 Å². The molecule has 5 rings (SSSR count). The van der Waals surface area contributed by atoms with Crippen molar-refractivity contribution in [2.75, 3.05) is 26.8 Å². The van der Waals surface area contributed by atoms with Crippen LogP contribution in [0.3, 0.4) is 0 Å². The second kappa shape index (κ2) is 8.67. The van der Waals surface area contributed by atoms with Gasteiger partial charge in [-0.15, -0.1) is 0 Å². The molecule has 1 fully saturated rings. The second-order valence-corrected chi connectivity index (χ2v) is 8.91. The summed E-state index contributed by atoms with van der Waals surface area (Å²) in [5.41, 5.74) is 2.22. The van der Waals surface area contributed by atoms with Gasteiger partial charge in [-0.2, -0.15) is 0 Å². The molecule has 1 saturated heterocycles. The second-order valence-electron chi connectivity index (χ2n) is 8.48. The van der Waals surface area contributed by atoms with Gasteiger partial charge in [0.1, 0.15) is 5.75 Å². The van der Waals surface area contributed by atoms with Crippen LogP contribution in [0.5, 0.6) is 17.2 Å². The average Bonchev–Trinajstić information content (AvgIpc) is 3.34. The summed E-state index contributed by atoms with van der Waals surface area (Å²) in [6, 6.07) is 15.2. The van der Waals surface area contributed by atoms with E-state index < -0.39 is 5.60 Å². The van der Waals surface area contributed by atoms with E-state index in [0.717, 1.165) is 23.6 Å². The number of nitrogens with zero attached hydrogens (tertiary/aromatic N) is 2. The third-order valence-corrected chi connectivity index (χ3v) is 6.67. The van der Waals surface area contributed by atoms with Crippen molar-refractivity contribution >= 4 is 17.5 Å². The summed E-state index contributed by atoms with van der Waals surface area (Å²) < 4.78 is 19.9. The van der Waals surface area contributed by atoms with E-state index in [-0.39, 0.29) is 5.91 Å². The molecule has 2 aromatic carbocycles. The highest BCUT2D eigenvalue weighted by atomic mass is 35.5. The molecule has 3 heterocycles. The van der Waals surface area contributed by atoms with Gasteiger partial charge in [-0.25, -0.2) is 0 Å². The topological polar surface area (TPSA) is 52.9 Å². The number of likely N-dealkylation sites (tertiary alicyclic amines) is 1. The first-order chi connectivity index (χ1) is 16.0. The molecule has 33 heavy (non-hydrogen) atoms. The largest absolute Gasteiger partial charge is 0.493 e. The van der Waals surface area contributed by atoms with E-state index in [1.54, 1.807) is 19.2 Å². The van der Waals surface area contributed by atoms with Crippen LogP contribution in [-0.2, 0) is 5.60 Å². The zero-order valence-corrected chi connectivity index (χ0v) is 19.6. The van der Waals surface area contributed by atoms with Crippen molar-refractivity contribution in [3.8, 4) is 22.9 Å². The fraction of sp³-hybridized carbons (Fsp3) is 0.346. The Hall–Kier alpha value is -3.12. The molecule has 0 aliphatic carbocycles. The Morgan fingerprint density at radius 1 is 1.12 bits per heavy atom. The fourth-order valence-corrected chi connectivity index (χ4v) is 4.90. The smallest absolute Gasteiger partial charge is 0.253 e. The number of piperidine rings is 1. The van der Waals surface area contributed by atoms with Crippen LogP contribution < -0.4 is 14.2 Å². The number of amides is 1. The number of rotatable bonds is 5. The van der Waals surface area contributed by atoms with Crippen molar-refractivity contribution in [2.24, 2.45) is 0 Å². The standard InChI is InChI=1S/C26H27ClN2O4/c1-3-15-32-21-9-6-18(16-23(21)31-2)25(30)28-13-10-26(11-14-28)24-5-4-12-29(24)20-8-7-19(27)17-22(20)33-26/h4-9,12,16-17H,3,10-11,13-15H2,1-2H3. The third-order valence-electron chi connectivity index (χ3n) is 6.43. The van der Waals surface area contributed by atoms with Gasteiger partial charge < -0.3 is 23.7 Å². The maximum atomic E-state index is 13.3. The number of hydrogen-bond donors (Lipinski definition) is 0. The maximum absolute atomic E-state index is 13.3. The van der Waals surface area contributed by atoms with Gasteiger partial charge in [0.25, 0.3) is 5.91 Å². The summed E-state index contributed by atoms with van der Waals surface area (Å²) in [4.78, 5) is 15.2. The number of aromatic nitrogens is 1. The number of hydrogen-bond acceptors (Lipinski definition) is 4. The highest BCUT2D eigenvalue weighted by Crippen LogP contribution is 2.46. The lowest BCUT2D eigenvalue weighted by Gasteiger charge is -2.45. The van der Waals surface area contributed by atoms with E-state index in [9.17, 15) is 4.79 Å². The van der Waals surface area contributed by atoms with Crippen molar-refractivity contribution in [1.82, 2.24) is 9.47 Å². The monoisotopic (exact) mass is 466 g/mol. The number of halogens is 1. The van der Waals surface area contributed by atoms with Crippen LogP contribution >= 0.6 is 11.6 Å².